The first-order valence-corrected chi connectivity index (χ1v) is 11.8. The molecule has 7 nitrogen and oxygen atoms in total. The Bertz CT molecular complexity index is 1400. The number of carbonyl (C=O) groups is 1. The molecule has 1 N–H and O–H groups in total. The molecule has 0 fully saturated rings. The molecule has 0 spiro atoms. The van der Waals surface area contributed by atoms with Crippen LogP contribution in [-0.4, -0.2) is 30.5 Å². The molecule has 8 heteroatoms. The first kappa shape index (κ1) is 22.7. The van der Waals surface area contributed by atoms with Crippen LogP contribution in [0.4, 0.5) is 10.1 Å². The van der Waals surface area contributed by atoms with Crippen LogP contribution in [0.15, 0.2) is 54.6 Å². The lowest BCUT2D eigenvalue weighted by molar-refractivity contribution is -0.111. The van der Waals surface area contributed by atoms with Gasteiger partial charge in [0.1, 0.15) is 11.6 Å². The highest BCUT2D eigenvalue weighted by Crippen LogP contribution is 2.27. The Kier molecular flexibility index (Phi) is 6.27. The van der Waals surface area contributed by atoms with Crippen LogP contribution in [0.3, 0.4) is 0 Å². The number of aryl methyl sites for hydroxylation is 2. The zero-order valence-electron chi connectivity index (χ0n) is 19.8. The molecule has 1 aliphatic rings. The number of amides is 1. The third kappa shape index (κ3) is 4.64. The van der Waals surface area contributed by atoms with Crippen molar-refractivity contribution in [1.82, 2.24) is 24.5 Å². The summed E-state index contributed by atoms with van der Waals surface area (Å²) in [5, 5.41) is 15.9. The molecule has 0 saturated carbocycles. The van der Waals surface area contributed by atoms with Gasteiger partial charge in [0.05, 0.1) is 17.1 Å². The minimum absolute atomic E-state index is 0.108. The second-order valence-corrected chi connectivity index (χ2v) is 8.75. The smallest absolute Gasteiger partial charge is 0.248 e. The lowest BCUT2D eigenvalue weighted by Gasteiger charge is -2.09. The summed E-state index contributed by atoms with van der Waals surface area (Å²) in [6, 6.07) is 14.5. The number of anilines is 1. The van der Waals surface area contributed by atoms with Crippen molar-refractivity contribution in [3.8, 4) is 17.1 Å². The number of nitrogens with zero attached hydrogens (tertiary/aromatic N) is 5. The van der Waals surface area contributed by atoms with E-state index in [1.54, 1.807) is 18.2 Å². The molecule has 35 heavy (non-hydrogen) atoms. The fourth-order valence-corrected chi connectivity index (χ4v) is 4.51. The Morgan fingerprint density at radius 1 is 1.06 bits per heavy atom. The van der Waals surface area contributed by atoms with Crippen LogP contribution in [0.2, 0.25) is 0 Å². The van der Waals surface area contributed by atoms with Gasteiger partial charge in [0.2, 0.25) is 5.91 Å². The summed E-state index contributed by atoms with van der Waals surface area (Å²) in [5.41, 5.74) is 4.35. The van der Waals surface area contributed by atoms with E-state index in [0.29, 0.717) is 5.82 Å². The van der Waals surface area contributed by atoms with E-state index in [0.717, 1.165) is 66.3 Å². The summed E-state index contributed by atoms with van der Waals surface area (Å²) < 4.78 is 18.5. The number of hydrogen-bond acceptors (Lipinski definition) is 4. The van der Waals surface area contributed by atoms with Gasteiger partial charge in [-0.15, -0.1) is 10.2 Å². The van der Waals surface area contributed by atoms with E-state index in [1.165, 1.54) is 12.1 Å². The SMILES string of the molecule is Cc1nn(-c2ccccc2)c(C)c1/C=C/C(=O)Nc1cc(-c2nnc3n2CCCCC3)ccc1F. The topological polar surface area (TPSA) is 77.6 Å². The number of nitrogens with one attached hydrogen (secondary N) is 1. The fraction of sp³-hybridized carbons (Fsp3) is 0.259. The van der Waals surface area contributed by atoms with Crippen molar-refractivity contribution in [2.24, 2.45) is 0 Å². The van der Waals surface area contributed by atoms with Crippen LogP contribution in [0.5, 0.6) is 0 Å². The van der Waals surface area contributed by atoms with Crippen LogP contribution >= 0.6 is 0 Å². The first-order chi connectivity index (χ1) is 17.0. The van der Waals surface area contributed by atoms with E-state index in [-0.39, 0.29) is 5.69 Å². The molecule has 0 bridgehead atoms. The molecule has 1 aliphatic heterocycles. The van der Waals surface area contributed by atoms with Crippen LogP contribution < -0.4 is 5.32 Å². The van der Waals surface area contributed by atoms with Crippen molar-refractivity contribution >= 4 is 17.7 Å². The summed E-state index contributed by atoms with van der Waals surface area (Å²) in [6.07, 6.45) is 7.32. The Morgan fingerprint density at radius 3 is 2.71 bits per heavy atom. The van der Waals surface area contributed by atoms with E-state index in [4.69, 9.17) is 0 Å². The minimum Gasteiger partial charge on any atom is -0.320 e. The quantitative estimate of drug-likeness (QED) is 0.404. The van der Waals surface area contributed by atoms with Gasteiger partial charge in [0.25, 0.3) is 0 Å². The van der Waals surface area contributed by atoms with Gasteiger partial charge in [-0.1, -0.05) is 24.6 Å². The molecule has 5 rings (SSSR count). The fourth-order valence-electron chi connectivity index (χ4n) is 4.51. The number of para-hydroxylation sites is 1. The maximum atomic E-state index is 14.6. The zero-order valence-corrected chi connectivity index (χ0v) is 19.8. The number of fused-ring (bicyclic) bond motifs is 1. The van der Waals surface area contributed by atoms with Gasteiger partial charge in [0, 0.05) is 35.9 Å². The Morgan fingerprint density at radius 2 is 1.89 bits per heavy atom. The molecule has 2 aromatic carbocycles. The van der Waals surface area contributed by atoms with Crippen LogP contribution in [-0.2, 0) is 17.8 Å². The lowest BCUT2D eigenvalue weighted by atomic mass is 10.1. The van der Waals surface area contributed by atoms with E-state index in [1.807, 2.05) is 48.9 Å². The average molecular weight is 471 g/mol. The van der Waals surface area contributed by atoms with Crippen molar-refractivity contribution in [3.63, 3.8) is 0 Å². The van der Waals surface area contributed by atoms with Gasteiger partial charge in [0.15, 0.2) is 5.82 Å². The molecule has 0 radical (unpaired) electrons. The summed E-state index contributed by atoms with van der Waals surface area (Å²) in [7, 11) is 0. The van der Waals surface area contributed by atoms with E-state index in [9.17, 15) is 9.18 Å². The predicted molar refractivity (Wildman–Crippen MR) is 134 cm³/mol. The lowest BCUT2D eigenvalue weighted by Crippen LogP contribution is -2.10. The van der Waals surface area contributed by atoms with Crippen molar-refractivity contribution in [2.45, 2.75) is 46.1 Å². The molecule has 0 unspecified atom stereocenters. The Labute approximate surface area is 203 Å². The number of hydrogen-bond donors (Lipinski definition) is 1. The molecule has 4 aromatic rings. The van der Waals surface area contributed by atoms with E-state index < -0.39 is 11.7 Å². The summed E-state index contributed by atoms with van der Waals surface area (Å²) in [4.78, 5) is 12.7. The van der Waals surface area contributed by atoms with Gasteiger partial charge in [-0.05, 0) is 63.1 Å². The van der Waals surface area contributed by atoms with Crippen molar-refractivity contribution < 1.29 is 9.18 Å². The Hall–Kier alpha value is -4.07. The highest BCUT2D eigenvalue weighted by molar-refractivity contribution is 6.02. The molecule has 3 heterocycles. The molecular formula is C27H27FN6O. The standard InChI is InChI=1S/C27H27FN6O/c1-18-22(19(2)34(32-18)21-9-5-3-6-10-21)13-15-26(35)29-24-17-20(12-14-23(24)28)27-31-30-25-11-7-4-8-16-33(25)27/h3,5-6,9-10,12-15,17H,4,7-8,11,16H2,1-2H3,(H,29,35)/b15-13+. The van der Waals surface area contributed by atoms with Gasteiger partial charge < -0.3 is 9.88 Å². The minimum atomic E-state index is -0.504. The summed E-state index contributed by atoms with van der Waals surface area (Å²) in [5.74, 6) is 0.729. The van der Waals surface area contributed by atoms with Crippen molar-refractivity contribution in [1.29, 1.82) is 0 Å². The second-order valence-electron chi connectivity index (χ2n) is 8.75. The van der Waals surface area contributed by atoms with Crippen molar-refractivity contribution in [3.05, 3.63) is 83.2 Å². The van der Waals surface area contributed by atoms with Gasteiger partial charge in [-0.25, -0.2) is 9.07 Å². The highest BCUT2D eigenvalue weighted by Gasteiger charge is 2.18. The molecule has 1 amide bonds. The van der Waals surface area contributed by atoms with Crippen molar-refractivity contribution in [2.75, 3.05) is 5.32 Å². The van der Waals surface area contributed by atoms with Gasteiger partial charge >= 0.3 is 0 Å². The number of benzene rings is 2. The predicted octanol–water partition coefficient (Wildman–Crippen LogP) is 5.27. The summed E-state index contributed by atoms with van der Waals surface area (Å²) in [6.45, 7) is 4.69. The maximum absolute atomic E-state index is 14.6. The third-order valence-electron chi connectivity index (χ3n) is 6.34. The molecule has 178 valence electrons. The maximum Gasteiger partial charge on any atom is 0.248 e. The van der Waals surface area contributed by atoms with Gasteiger partial charge in [-0.2, -0.15) is 5.10 Å². The highest BCUT2D eigenvalue weighted by atomic mass is 19.1. The van der Waals surface area contributed by atoms with E-state index >= 15 is 0 Å². The molecular weight excluding hydrogens is 443 g/mol. The van der Waals surface area contributed by atoms with Crippen LogP contribution in [0.25, 0.3) is 23.2 Å². The monoisotopic (exact) mass is 470 g/mol. The molecule has 0 saturated heterocycles. The zero-order chi connectivity index (χ0) is 24.4. The van der Waals surface area contributed by atoms with Crippen LogP contribution in [0.1, 0.15) is 42.0 Å². The Balaban J connectivity index is 1.36. The second kappa shape index (κ2) is 9.66. The number of carbonyl (C=O) groups excluding carboxylic acids is 1. The number of rotatable bonds is 5. The van der Waals surface area contributed by atoms with E-state index in [2.05, 4.69) is 25.2 Å². The molecule has 2 aromatic heterocycles. The molecule has 0 atom stereocenters. The summed E-state index contributed by atoms with van der Waals surface area (Å²) >= 11 is 0. The van der Waals surface area contributed by atoms with Gasteiger partial charge in [-0.3, -0.25) is 4.79 Å². The average Bonchev–Trinajstić information content (AvgIpc) is 3.29. The number of halogens is 1. The van der Waals surface area contributed by atoms with Crippen LogP contribution in [0, 0.1) is 19.7 Å². The first-order valence-electron chi connectivity index (χ1n) is 11.8. The third-order valence-corrected chi connectivity index (χ3v) is 6.34. The largest absolute Gasteiger partial charge is 0.320 e. The normalized spacial score (nSPS) is 13.6. The molecule has 0 aliphatic carbocycles. The number of aromatic nitrogens is 5.